The first kappa shape index (κ1) is 13.1. The van der Waals surface area contributed by atoms with Gasteiger partial charge in [0, 0.05) is 24.0 Å². The van der Waals surface area contributed by atoms with Crippen LogP contribution in [0.5, 0.6) is 0 Å². The molecule has 4 heteroatoms. The van der Waals surface area contributed by atoms with E-state index in [1.807, 2.05) is 32.0 Å². The van der Waals surface area contributed by atoms with Crippen LogP contribution in [-0.4, -0.2) is 17.4 Å². The lowest BCUT2D eigenvalue weighted by Crippen LogP contribution is -2.13. The fraction of sp³-hybridized carbons (Fsp3) is 0.200. The topological polar surface area (TPSA) is 54.0 Å². The monoisotopic (exact) mass is 255 g/mol. The number of nitrogens with zero attached hydrogens (tertiary/aromatic N) is 1. The SMILES string of the molecule is CCNc1ccc(C(=O)Nc2cccnc2C)cc1. The third-order valence-electron chi connectivity index (χ3n) is 2.78. The highest BCUT2D eigenvalue weighted by atomic mass is 16.1. The summed E-state index contributed by atoms with van der Waals surface area (Å²) in [5, 5.41) is 6.05. The van der Waals surface area contributed by atoms with Gasteiger partial charge in [-0.25, -0.2) is 0 Å². The van der Waals surface area contributed by atoms with E-state index in [1.165, 1.54) is 0 Å². The first-order valence-corrected chi connectivity index (χ1v) is 6.27. The molecule has 0 radical (unpaired) electrons. The second kappa shape index (κ2) is 6.00. The molecule has 98 valence electrons. The van der Waals surface area contributed by atoms with Crippen molar-refractivity contribution in [3.05, 3.63) is 53.9 Å². The molecule has 1 aromatic carbocycles. The van der Waals surface area contributed by atoms with E-state index in [9.17, 15) is 4.79 Å². The summed E-state index contributed by atoms with van der Waals surface area (Å²) in [6.45, 7) is 4.76. The Hall–Kier alpha value is -2.36. The van der Waals surface area contributed by atoms with Crippen LogP contribution in [0.2, 0.25) is 0 Å². The number of aromatic nitrogens is 1. The standard InChI is InChI=1S/C15H17N3O/c1-3-16-13-8-6-12(7-9-13)15(19)18-14-5-4-10-17-11(14)2/h4-10,16H,3H2,1-2H3,(H,18,19). The summed E-state index contributed by atoms with van der Waals surface area (Å²) >= 11 is 0. The van der Waals surface area contributed by atoms with E-state index in [0.29, 0.717) is 5.56 Å². The minimum Gasteiger partial charge on any atom is -0.385 e. The van der Waals surface area contributed by atoms with Crippen molar-refractivity contribution >= 4 is 17.3 Å². The van der Waals surface area contributed by atoms with E-state index in [1.54, 1.807) is 24.4 Å². The van der Waals surface area contributed by atoms with E-state index >= 15 is 0 Å². The number of hydrogen-bond acceptors (Lipinski definition) is 3. The molecule has 0 spiro atoms. The molecule has 0 fully saturated rings. The number of amides is 1. The number of benzene rings is 1. The fourth-order valence-corrected chi connectivity index (χ4v) is 1.75. The number of aryl methyl sites for hydroxylation is 1. The Bertz CT molecular complexity index is 564. The van der Waals surface area contributed by atoms with Gasteiger partial charge in [-0.15, -0.1) is 0 Å². The van der Waals surface area contributed by atoms with Crippen molar-refractivity contribution < 1.29 is 4.79 Å². The first-order chi connectivity index (χ1) is 9.20. The molecule has 19 heavy (non-hydrogen) atoms. The predicted octanol–water partition coefficient (Wildman–Crippen LogP) is 3.07. The largest absolute Gasteiger partial charge is 0.385 e. The summed E-state index contributed by atoms with van der Waals surface area (Å²) in [4.78, 5) is 16.2. The average molecular weight is 255 g/mol. The van der Waals surface area contributed by atoms with Crippen molar-refractivity contribution in [2.24, 2.45) is 0 Å². The minimum absolute atomic E-state index is 0.126. The predicted molar refractivity (Wildman–Crippen MR) is 77.5 cm³/mol. The van der Waals surface area contributed by atoms with E-state index in [-0.39, 0.29) is 5.91 Å². The van der Waals surface area contributed by atoms with Gasteiger partial charge in [0.05, 0.1) is 11.4 Å². The Morgan fingerprint density at radius 1 is 1.21 bits per heavy atom. The molecule has 0 bridgehead atoms. The van der Waals surface area contributed by atoms with Crippen molar-refractivity contribution in [3.63, 3.8) is 0 Å². The lowest BCUT2D eigenvalue weighted by Gasteiger charge is -2.08. The molecule has 0 saturated carbocycles. The van der Waals surface area contributed by atoms with Crippen LogP contribution in [0.25, 0.3) is 0 Å². The zero-order valence-electron chi connectivity index (χ0n) is 11.1. The van der Waals surface area contributed by atoms with Gasteiger partial charge in [0.25, 0.3) is 5.91 Å². The maximum atomic E-state index is 12.1. The molecule has 0 atom stereocenters. The number of anilines is 2. The molecule has 1 aromatic heterocycles. The summed E-state index contributed by atoms with van der Waals surface area (Å²) in [5.41, 5.74) is 3.19. The van der Waals surface area contributed by atoms with Crippen LogP contribution >= 0.6 is 0 Å². The summed E-state index contributed by atoms with van der Waals surface area (Å²) in [6.07, 6.45) is 1.70. The van der Waals surface area contributed by atoms with Crippen molar-refractivity contribution in [2.75, 3.05) is 17.2 Å². The maximum Gasteiger partial charge on any atom is 0.255 e. The molecular weight excluding hydrogens is 238 g/mol. The quantitative estimate of drug-likeness (QED) is 0.882. The van der Waals surface area contributed by atoms with E-state index in [4.69, 9.17) is 0 Å². The molecule has 0 saturated heterocycles. The van der Waals surface area contributed by atoms with Crippen LogP contribution in [0.4, 0.5) is 11.4 Å². The zero-order chi connectivity index (χ0) is 13.7. The van der Waals surface area contributed by atoms with E-state index in [2.05, 4.69) is 15.6 Å². The van der Waals surface area contributed by atoms with Gasteiger partial charge < -0.3 is 10.6 Å². The van der Waals surface area contributed by atoms with Crippen LogP contribution < -0.4 is 10.6 Å². The van der Waals surface area contributed by atoms with Crippen LogP contribution in [0.15, 0.2) is 42.6 Å². The Kier molecular flexibility index (Phi) is 4.13. The molecular formula is C15H17N3O. The van der Waals surface area contributed by atoms with Gasteiger partial charge in [0.2, 0.25) is 0 Å². The van der Waals surface area contributed by atoms with E-state index < -0.39 is 0 Å². The van der Waals surface area contributed by atoms with Gasteiger partial charge in [-0.2, -0.15) is 0 Å². The number of nitrogens with one attached hydrogen (secondary N) is 2. The molecule has 0 unspecified atom stereocenters. The van der Waals surface area contributed by atoms with Gasteiger partial charge in [0.15, 0.2) is 0 Å². The van der Waals surface area contributed by atoms with Crippen LogP contribution in [0.1, 0.15) is 23.0 Å². The second-order valence-corrected chi connectivity index (χ2v) is 4.20. The highest BCUT2D eigenvalue weighted by Crippen LogP contribution is 2.14. The van der Waals surface area contributed by atoms with Crippen LogP contribution in [0, 0.1) is 6.92 Å². The molecule has 2 rings (SSSR count). The molecule has 0 aliphatic heterocycles. The normalized spacial score (nSPS) is 10.0. The maximum absolute atomic E-state index is 12.1. The Balaban J connectivity index is 2.10. The molecule has 0 aliphatic carbocycles. The Morgan fingerprint density at radius 2 is 1.95 bits per heavy atom. The molecule has 1 amide bonds. The lowest BCUT2D eigenvalue weighted by atomic mass is 10.2. The average Bonchev–Trinajstić information content (AvgIpc) is 2.42. The highest BCUT2D eigenvalue weighted by Gasteiger charge is 2.07. The highest BCUT2D eigenvalue weighted by molar-refractivity contribution is 6.04. The minimum atomic E-state index is -0.126. The summed E-state index contributed by atoms with van der Waals surface area (Å²) in [7, 11) is 0. The molecule has 0 aliphatic rings. The summed E-state index contributed by atoms with van der Waals surface area (Å²) in [5.74, 6) is -0.126. The lowest BCUT2D eigenvalue weighted by molar-refractivity contribution is 0.102. The Morgan fingerprint density at radius 3 is 2.58 bits per heavy atom. The van der Waals surface area contributed by atoms with Gasteiger partial charge in [0.1, 0.15) is 0 Å². The van der Waals surface area contributed by atoms with Gasteiger partial charge in [-0.05, 0) is 50.2 Å². The third-order valence-corrected chi connectivity index (χ3v) is 2.78. The number of hydrogen-bond donors (Lipinski definition) is 2. The molecule has 4 nitrogen and oxygen atoms in total. The molecule has 2 aromatic rings. The van der Waals surface area contributed by atoms with Gasteiger partial charge in [-0.1, -0.05) is 0 Å². The third kappa shape index (κ3) is 3.31. The summed E-state index contributed by atoms with van der Waals surface area (Å²) in [6, 6.07) is 11.0. The van der Waals surface area contributed by atoms with Crippen LogP contribution in [-0.2, 0) is 0 Å². The van der Waals surface area contributed by atoms with Crippen molar-refractivity contribution in [3.8, 4) is 0 Å². The smallest absolute Gasteiger partial charge is 0.255 e. The number of carbonyl (C=O) groups is 1. The van der Waals surface area contributed by atoms with Crippen molar-refractivity contribution in [2.45, 2.75) is 13.8 Å². The number of rotatable bonds is 4. The Labute approximate surface area is 112 Å². The molecule has 1 heterocycles. The first-order valence-electron chi connectivity index (χ1n) is 6.27. The van der Waals surface area contributed by atoms with Gasteiger partial charge in [-0.3, -0.25) is 9.78 Å². The zero-order valence-corrected chi connectivity index (χ0v) is 11.1. The number of pyridine rings is 1. The summed E-state index contributed by atoms with van der Waals surface area (Å²) < 4.78 is 0. The van der Waals surface area contributed by atoms with Crippen LogP contribution in [0.3, 0.4) is 0 Å². The fourth-order valence-electron chi connectivity index (χ4n) is 1.75. The van der Waals surface area contributed by atoms with Crippen molar-refractivity contribution in [1.82, 2.24) is 4.98 Å². The van der Waals surface area contributed by atoms with Gasteiger partial charge >= 0.3 is 0 Å². The number of carbonyl (C=O) groups excluding carboxylic acids is 1. The second-order valence-electron chi connectivity index (χ2n) is 4.20. The van der Waals surface area contributed by atoms with E-state index in [0.717, 1.165) is 23.6 Å². The van der Waals surface area contributed by atoms with Crippen molar-refractivity contribution in [1.29, 1.82) is 0 Å². The molecule has 2 N–H and O–H groups in total.